The lowest BCUT2D eigenvalue weighted by Crippen LogP contribution is -2.18. The molecule has 0 aromatic carbocycles. The van der Waals surface area contributed by atoms with Crippen molar-refractivity contribution >= 4 is 43.6 Å². The molecule has 0 radical (unpaired) electrons. The van der Waals surface area contributed by atoms with Gasteiger partial charge in [-0.05, 0) is 44.8 Å². The Bertz CT molecular complexity index is 406. The predicted octanol–water partition coefficient (Wildman–Crippen LogP) is 2.35. The van der Waals surface area contributed by atoms with Crippen LogP contribution in [0.15, 0.2) is 21.3 Å². The van der Waals surface area contributed by atoms with E-state index in [0.717, 1.165) is 0 Å². The summed E-state index contributed by atoms with van der Waals surface area (Å²) in [6, 6.07) is 1.46. The molecule has 4 nitrogen and oxygen atoms in total. The average molecular weight is 337 g/mol. The van der Waals surface area contributed by atoms with Crippen molar-refractivity contribution < 1.29 is 14.3 Å². The third kappa shape index (κ3) is 3.10. The highest BCUT2D eigenvalue weighted by atomic mass is 79.9. The number of halogens is 2. The molecule has 0 atom stereocenters. The normalized spacial score (nSPS) is 9.80. The second kappa shape index (κ2) is 5.37. The Morgan fingerprint density at radius 1 is 1.47 bits per heavy atom. The highest BCUT2D eigenvalue weighted by Gasteiger charge is 2.20. The molecule has 0 spiro atoms. The Morgan fingerprint density at radius 2 is 2.13 bits per heavy atom. The van der Waals surface area contributed by atoms with Gasteiger partial charge < -0.3 is 4.74 Å². The molecule has 0 saturated heterocycles. The van der Waals surface area contributed by atoms with Crippen molar-refractivity contribution in [2.75, 3.05) is 6.61 Å². The van der Waals surface area contributed by atoms with E-state index in [1.165, 1.54) is 12.3 Å². The van der Waals surface area contributed by atoms with Gasteiger partial charge in [0.1, 0.15) is 4.60 Å². The van der Waals surface area contributed by atoms with Gasteiger partial charge in [0.25, 0.3) is 5.78 Å². The number of hydrogen-bond donors (Lipinski definition) is 0. The lowest BCUT2D eigenvalue weighted by molar-refractivity contribution is -0.137. The number of carbonyl (C=O) groups is 2. The summed E-state index contributed by atoms with van der Waals surface area (Å²) in [6.07, 6.45) is 1.44. The zero-order valence-corrected chi connectivity index (χ0v) is 11.0. The summed E-state index contributed by atoms with van der Waals surface area (Å²) in [6.45, 7) is 1.82. The summed E-state index contributed by atoms with van der Waals surface area (Å²) >= 11 is 6.25. The fraction of sp³-hybridized carbons (Fsp3) is 0.222. The highest BCUT2D eigenvalue weighted by molar-refractivity contribution is 9.11. The van der Waals surface area contributed by atoms with Crippen molar-refractivity contribution in [3.05, 3.63) is 26.9 Å². The van der Waals surface area contributed by atoms with E-state index in [9.17, 15) is 9.59 Å². The summed E-state index contributed by atoms with van der Waals surface area (Å²) in [5.74, 6) is -1.55. The topological polar surface area (TPSA) is 56.3 Å². The van der Waals surface area contributed by atoms with Crippen LogP contribution in [0.25, 0.3) is 0 Å². The van der Waals surface area contributed by atoms with E-state index in [4.69, 9.17) is 0 Å². The maximum absolute atomic E-state index is 11.6. The summed E-state index contributed by atoms with van der Waals surface area (Å²) in [5, 5.41) is 0. The van der Waals surface area contributed by atoms with Gasteiger partial charge in [0, 0.05) is 16.2 Å². The molecule has 0 amide bonds. The van der Waals surface area contributed by atoms with E-state index in [0.29, 0.717) is 9.08 Å². The number of rotatable bonds is 3. The Morgan fingerprint density at radius 3 is 2.73 bits per heavy atom. The zero-order chi connectivity index (χ0) is 11.4. The van der Waals surface area contributed by atoms with Gasteiger partial charge in [-0.15, -0.1) is 0 Å². The summed E-state index contributed by atoms with van der Waals surface area (Å²) in [7, 11) is 0. The second-order valence-electron chi connectivity index (χ2n) is 2.54. The van der Waals surface area contributed by atoms with Crippen LogP contribution >= 0.6 is 31.9 Å². The minimum Gasteiger partial charge on any atom is -0.460 e. The first-order valence-corrected chi connectivity index (χ1v) is 5.67. The number of nitrogens with zero attached hydrogens (tertiary/aromatic N) is 1. The number of Topliss-reactive ketones (excluding diaryl/α,β-unsaturated/α-hetero) is 1. The lowest BCUT2D eigenvalue weighted by atomic mass is 10.2. The highest BCUT2D eigenvalue weighted by Crippen LogP contribution is 2.19. The van der Waals surface area contributed by atoms with Crippen LogP contribution < -0.4 is 0 Å². The van der Waals surface area contributed by atoms with Crippen LogP contribution in [0.5, 0.6) is 0 Å². The van der Waals surface area contributed by atoms with Crippen molar-refractivity contribution in [3.63, 3.8) is 0 Å². The standard InChI is InChI=1S/C9H7Br2NO3/c1-2-15-9(14)8(13)5-3-7(11)12-4-6(5)10/h3-4H,2H2,1H3. The Kier molecular flexibility index (Phi) is 4.41. The zero-order valence-electron chi connectivity index (χ0n) is 7.79. The molecule has 80 valence electrons. The van der Waals surface area contributed by atoms with Gasteiger partial charge in [0.05, 0.1) is 6.61 Å². The molecule has 0 fully saturated rings. The van der Waals surface area contributed by atoms with Crippen LogP contribution in [-0.2, 0) is 9.53 Å². The van der Waals surface area contributed by atoms with Crippen molar-refractivity contribution in [3.8, 4) is 0 Å². The van der Waals surface area contributed by atoms with Crippen molar-refractivity contribution in [1.82, 2.24) is 4.98 Å². The van der Waals surface area contributed by atoms with E-state index in [1.54, 1.807) is 6.92 Å². The fourth-order valence-electron chi connectivity index (χ4n) is 0.894. The monoisotopic (exact) mass is 335 g/mol. The third-order valence-corrected chi connectivity index (χ3v) is 2.59. The number of pyridine rings is 1. The molecule has 1 rings (SSSR count). The SMILES string of the molecule is CCOC(=O)C(=O)c1cc(Br)ncc1Br. The Hall–Kier alpha value is -0.750. The molecule has 0 unspecified atom stereocenters. The van der Waals surface area contributed by atoms with E-state index < -0.39 is 11.8 Å². The minimum atomic E-state index is -0.865. The maximum atomic E-state index is 11.6. The van der Waals surface area contributed by atoms with Crippen LogP contribution in [0.3, 0.4) is 0 Å². The smallest absolute Gasteiger partial charge is 0.379 e. The van der Waals surface area contributed by atoms with E-state index in [-0.39, 0.29) is 12.2 Å². The molecule has 1 aromatic rings. The number of ether oxygens (including phenoxy) is 1. The molecule has 0 aliphatic carbocycles. The first kappa shape index (κ1) is 12.3. The van der Waals surface area contributed by atoms with E-state index in [1.807, 2.05) is 0 Å². The summed E-state index contributed by atoms with van der Waals surface area (Å²) in [5.41, 5.74) is 0.232. The van der Waals surface area contributed by atoms with Crippen LogP contribution in [0.4, 0.5) is 0 Å². The molecule has 15 heavy (non-hydrogen) atoms. The maximum Gasteiger partial charge on any atom is 0.379 e. The third-order valence-electron chi connectivity index (χ3n) is 1.53. The van der Waals surface area contributed by atoms with Crippen molar-refractivity contribution in [2.45, 2.75) is 6.92 Å². The Labute approximate surface area is 103 Å². The van der Waals surface area contributed by atoms with E-state index >= 15 is 0 Å². The van der Waals surface area contributed by atoms with Crippen LogP contribution in [0, 0.1) is 0 Å². The van der Waals surface area contributed by atoms with Gasteiger partial charge in [0.15, 0.2) is 0 Å². The summed E-state index contributed by atoms with van der Waals surface area (Å²) < 4.78 is 5.55. The molecule has 0 aliphatic heterocycles. The lowest BCUT2D eigenvalue weighted by Gasteiger charge is -2.03. The number of ketones is 1. The number of carbonyl (C=O) groups excluding carboxylic acids is 2. The second-order valence-corrected chi connectivity index (χ2v) is 4.20. The quantitative estimate of drug-likeness (QED) is 0.368. The van der Waals surface area contributed by atoms with Crippen molar-refractivity contribution in [2.24, 2.45) is 0 Å². The van der Waals surface area contributed by atoms with Crippen LogP contribution in [0.2, 0.25) is 0 Å². The molecule has 0 N–H and O–H groups in total. The fourth-order valence-corrected chi connectivity index (χ4v) is 1.62. The van der Waals surface area contributed by atoms with Gasteiger partial charge in [-0.3, -0.25) is 4.79 Å². The van der Waals surface area contributed by atoms with Gasteiger partial charge >= 0.3 is 5.97 Å². The first-order chi connectivity index (χ1) is 7.06. The largest absolute Gasteiger partial charge is 0.460 e. The van der Waals surface area contributed by atoms with Crippen LogP contribution in [-0.4, -0.2) is 23.3 Å². The predicted molar refractivity (Wildman–Crippen MR) is 60.6 cm³/mol. The molecule has 0 saturated carbocycles. The number of aromatic nitrogens is 1. The van der Waals surface area contributed by atoms with Crippen molar-refractivity contribution in [1.29, 1.82) is 0 Å². The molecular weight excluding hydrogens is 330 g/mol. The first-order valence-electron chi connectivity index (χ1n) is 4.08. The number of hydrogen-bond acceptors (Lipinski definition) is 4. The molecule has 1 heterocycles. The molecular formula is C9H7Br2NO3. The molecule has 0 aliphatic rings. The van der Waals surface area contributed by atoms with Crippen LogP contribution in [0.1, 0.15) is 17.3 Å². The van der Waals surface area contributed by atoms with Gasteiger partial charge in [-0.1, -0.05) is 0 Å². The van der Waals surface area contributed by atoms with Gasteiger partial charge in [0.2, 0.25) is 0 Å². The van der Waals surface area contributed by atoms with Gasteiger partial charge in [-0.2, -0.15) is 0 Å². The summed E-state index contributed by atoms with van der Waals surface area (Å²) in [4.78, 5) is 26.6. The average Bonchev–Trinajstić information content (AvgIpc) is 2.21. The molecule has 6 heteroatoms. The van der Waals surface area contributed by atoms with E-state index in [2.05, 4.69) is 41.6 Å². The molecule has 1 aromatic heterocycles. The Balaban J connectivity index is 3.00. The molecule has 0 bridgehead atoms. The minimum absolute atomic E-state index is 0.175. The van der Waals surface area contributed by atoms with Gasteiger partial charge in [-0.25, -0.2) is 9.78 Å². The number of esters is 1.